The minimum atomic E-state index is -0.122. The third-order valence-electron chi connectivity index (χ3n) is 4.47. The Hall–Kier alpha value is -2.76. The monoisotopic (exact) mass is 342 g/mol. The summed E-state index contributed by atoms with van der Waals surface area (Å²) >= 11 is 0. The average molecular weight is 342 g/mol. The zero-order valence-corrected chi connectivity index (χ0v) is 14.5. The molecular weight excluding hydrogens is 320 g/mol. The van der Waals surface area contributed by atoms with Crippen LogP contribution in [0, 0.1) is 6.92 Å². The molecule has 0 bridgehead atoms. The molecule has 2 aromatic rings. The number of ether oxygens (including phenoxy) is 1. The molecule has 2 heterocycles. The molecule has 1 aromatic heterocycles. The fraction of sp³-hybridized carbons (Fsp3) is 0.368. The van der Waals surface area contributed by atoms with Crippen LogP contribution in [0.2, 0.25) is 0 Å². The van der Waals surface area contributed by atoms with Crippen LogP contribution in [0.1, 0.15) is 21.7 Å². The Balaban J connectivity index is 1.55. The predicted octanol–water partition coefficient (Wildman–Crippen LogP) is 2.12. The number of rotatable bonds is 4. The number of furan rings is 1. The molecule has 132 valence electrons. The number of benzene rings is 1. The van der Waals surface area contributed by atoms with Crippen LogP contribution in [-0.2, 0) is 11.2 Å². The van der Waals surface area contributed by atoms with Crippen LogP contribution in [0.15, 0.2) is 41.0 Å². The van der Waals surface area contributed by atoms with Crippen LogP contribution in [0.25, 0.3) is 0 Å². The summed E-state index contributed by atoms with van der Waals surface area (Å²) in [6, 6.07) is 9.14. The maximum Gasteiger partial charge on any atom is 0.289 e. The normalized spacial score (nSPS) is 14.5. The molecule has 1 aliphatic rings. The van der Waals surface area contributed by atoms with E-state index in [2.05, 4.69) is 0 Å². The first-order valence-corrected chi connectivity index (χ1v) is 8.32. The van der Waals surface area contributed by atoms with Gasteiger partial charge in [-0.3, -0.25) is 9.59 Å². The molecule has 0 spiro atoms. The first-order valence-electron chi connectivity index (χ1n) is 8.32. The molecule has 0 N–H and O–H groups in total. The lowest BCUT2D eigenvalue weighted by molar-refractivity contribution is -0.131. The first kappa shape index (κ1) is 17.1. The zero-order valence-electron chi connectivity index (χ0n) is 14.5. The molecule has 6 heteroatoms. The summed E-state index contributed by atoms with van der Waals surface area (Å²) in [4.78, 5) is 28.3. The highest BCUT2D eigenvalue weighted by molar-refractivity contribution is 5.91. The lowest BCUT2D eigenvalue weighted by Crippen LogP contribution is -2.50. The quantitative estimate of drug-likeness (QED) is 0.854. The molecule has 1 aliphatic heterocycles. The van der Waals surface area contributed by atoms with E-state index in [1.807, 2.05) is 30.0 Å². The van der Waals surface area contributed by atoms with Crippen molar-refractivity contribution in [2.75, 3.05) is 33.3 Å². The number of carbonyl (C=O) groups is 2. The Morgan fingerprint density at radius 3 is 2.44 bits per heavy atom. The molecule has 1 aromatic carbocycles. The highest BCUT2D eigenvalue weighted by Gasteiger charge is 2.26. The number of carbonyl (C=O) groups excluding carboxylic acids is 2. The summed E-state index contributed by atoms with van der Waals surface area (Å²) in [5.74, 6) is 1.12. The van der Waals surface area contributed by atoms with Gasteiger partial charge < -0.3 is 19.0 Å². The third-order valence-corrected chi connectivity index (χ3v) is 4.47. The minimum absolute atomic E-state index is 0.0784. The maximum absolute atomic E-state index is 12.5. The van der Waals surface area contributed by atoms with E-state index >= 15 is 0 Å². The highest BCUT2D eigenvalue weighted by Crippen LogP contribution is 2.19. The predicted molar refractivity (Wildman–Crippen MR) is 92.6 cm³/mol. The highest BCUT2D eigenvalue weighted by atomic mass is 16.5. The van der Waals surface area contributed by atoms with E-state index in [9.17, 15) is 9.59 Å². The van der Waals surface area contributed by atoms with E-state index < -0.39 is 0 Å². The van der Waals surface area contributed by atoms with Gasteiger partial charge in [-0.1, -0.05) is 12.1 Å². The molecule has 1 fully saturated rings. The molecule has 0 radical (unpaired) electrons. The molecule has 0 unspecified atom stereocenters. The van der Waals surface area contributed by atoms with Crippen LogP contribution < -0.4 is 4.74 Å². The molecule has 25 heavy (non-hydrogen) atoms. The van der Waals surface area contributed by atoms with E-state index in [1.54, 1.807) is 24.1 Å². The second-order valence-corrected chi connectivity index (χ2v) is 6.13. The molecular formula is C19H22N2O4. The summed E-state index contributed by atoms with van der Waals surface area (Å²) in [6.07, 6.45) is 1.85. The van der Waals surface area contributed by atoms with Gasteiger partial charge in [-0.2, -0.15) is 0 Å². The van der Waals surface area contributed by atoms with Gasteiger partial charge in [0.15, 0.2) is 5.76 Å². The summed E-state index contributed by atoms with van der Waals surface area (Å²) < 4.78 is 10.4. The zero-order chi connectivity index (χ0) is 17.8. The Kier molecular flexibility index (Phi) is 5.07. The van der Waals surface area contributed by atoms with E-state index in [1.165, 1.54) is 6.26 Å². The lowest BCUT2D eigenvalue weighted by Gasteiger charge is -2.34. The molecule has 0 atom stereocenters. The molecule has 6 nitrogen and oxygen atoms in total. The van der Waals surface area contributed by atoms with Gasteiger partial charge in [-0.05, 0) is 36.2 Å². The fourth-order valence-electron chi connectivity index (χ4n) is 3.05. The number of nitrogens with zero attached hydrogens (tertiary/aromatic N) is 2. The summed E-state index contributed by atoms with van der Waals surface area (Å²) in [5, 5.41) is 0. The van der Waals surface area contributed by atoms with Crippen molar-refractivity contribution in [3.05, 3.63) is 53.5 Å². The van der Waals surface area contributed by atoms with Gasteiger partial charge in [0, 0.05) is 26.2 Å². The SMILES string of the molecule is COc1ccc(CC(=O)N2CCN(C(=O)c3ccco3)CC2)cc1C. The van der Waals surface area contributed by atoms with Crippen LogP contribution in [-0.4, -0.2) is 54.9 Å². The smallest absolute Gasteiger partial charge is 0.289 e. The summed E-state index contributed by atoms with van der Waals surface area (Å²) in [7, 11) is 1.64. The Morgan fingerprint density at radius 2 is 1.84 bits per heavy atom. The fourth-order valence-corrected chi connectivity index (χ4v) is 3.05. The lowest BCUT2D eigenvalue weighted by atomic mass is 10.1. The Bertz CT molecular complexity index is 747. The van der Waals surface area contributed by atoms with E-state index in [0.717, 1.165) is 16.9 Å². The van der Waals surface area contributed by atoms with Gasteiger partial charge in [0.1, 0.15) is 5.75 Å². The van der Waals surface area contributed by atoms with Gasteiger partial charge in [-0.15, -0.1) is 0 Å². The van der Waals surface area contributed by atoms with Crippen molar-refractivity contribution in [1.29, 1.82) is 0 Å². The summed E-state index contributed by atoms with van der Waals surface area (Å²) in [5.41, 5.74) is 1.99. The van der Waals surface area contributed by atoms with E-state index in [-0.39, 0.29) is 11.8 Å². The van der Waals surface area contributed by atoms with Crippen LogP contribution in [0.4, 0.5) is 0 Å². The van der Waals surface area contributed by atoms with Crippen LogP contribution >= 0.6 is 0 Å². The number of hydrogen-bond acceptors (Lipinski definition) is 4. The van der Waals surface area contributed by atoms with Gasteiger partial charge in [0.05, 0.1) is 19.8 Å². The number of hydrogen-bond donors (Lipinski definition) is 0. The van der Waals surface area contributed by atoms with E-state index in [0.29, 0.717) is 38.4 Å². The van der Waals surface area contributed by atoms with Crippen molar-refractivity contribution < 1.29 is 18.7 Å². The molecule has 0 saturated carbocycles. The van der Waals surface area contributed by atoms with Crippen molar-refractivity contribution in [2.45, 2.75) is 13.3 Å². The Morgan fingerprint density at radius 1 is 1.12 bits per heavy atom. The maximum atomic E-state index is 12.5. The van der Waals surface area contributed by atoms with Crippen molar-refractivity contribution in [3.8, 4) is 5.75 Å². The molecule has 2 amide bonds. The topological polar surface area (TPSA) is 63.0 Å². The number of methoxy groups -OCH3 is 1. The third kappa shape index (κ3) is 3.84. The largest absolute Gasteiger partial charge is 0.496 e. The number of piperazine rings is 1. The minimum Gasteiger partial charge on any atom is -0.496 e. The average Bonchev–Trinajstić information content (AvgIpc) is 3.16. The van der Waals surface area contributed by atoms with E-state index in [4.69, 9.17) is 9.15 Å². The van der Waals surface area contributed by atoms with Gasteiger partial charge >= 0.3 is 0 Å². The summed E-state index contributed by atoms with van der Waals surface area (Å²) in [6.45, 7) is 4.09. The van der Waals surface area contributed by atoms with Gasteiger partial charge in [-0.25, -0.2) is 0 Å². The van der Waals surface area contributed by atoms with Crippen LogP contribution in [0.5, 0.6) is 5.75 Å². The molecule has 1 saturated heterocycles. The van der Waals surface area contributed by atoms with Crippen molar-refractivity contribution in [1.82, 2.24) is 9.80 Å². The second-order valence-electron chi connectivity index (χ2n) is 6.13. The van der Waals surface area contributed by atoms with Crippen LogP contribution in [0.3, 0.4) is 0 Å². The first-order chi connectivity index (χ1) is 12.1. The number of amides is 2. The molecule has 3 rings (SSSR count). The molecule has 0 aliphatic carbocycles. The van der Waals surface area contributed by atoms with Gasteiger partial charge in [0.25, 0.3) is 5.91 Å². The van der Waals surface area contributed by atoms with Crippen molar-refractivity contribution in [3.63, 3.8) is 0 Å². The van der Waals surface area contributed by atoms with Crippen molar-refractivity contribution in [2.24, 2.45) is 0 Å². The number of aryl methyl sites for hydroxylation is 1. The van der Waals surface area contributed by atoms with Gasteiger partial charge in [0.2, 0.25) is 5.91 Å². The second kappa shape index (κ2) is 7.42. The standard InChI is InChI=1S/C19H22N2O4/c1-14-12-15(5-6-16(14)24-2)13-18(22)20-7-9-21(10-8-20)19(23)17-4-3-11-25-17/h3-6,11-12H,7-10,13H2,1-2H3. The Labute approximate surface area is 147 Å². The van der Waals surface area contributed by atoms with Crippen molar-refractivity contribution >= 4 is 11.8 Å².